The second kappa shape index (κ2) is 25.9. The third-order valence-corrected chi connectivity index (χ3v) is 10.8. The Morgan fingerprint density at radius 3 is 2.35 bits per heavy atom. The number of carbonyl (C=O) groups excluding carboxylic acids is 4. The van der Waals surface area contributed by atoms with Gasteiger partial charge in [-0.25, -0.2) is 19.2 Å². The largest absolute Gasteiger partial charge is 0.515 e. The highest BCUT2D eigenvalue weighted by Gasteiger charge is 2.33. The monoisotopic (exact) mass is 943 g/mol. The van der Waals surface area contributed by atoms with E-state index in [1.165, 1.54) is 31.6 Å². The van der Waals surface area contributed by atoms with Crippen molar-refractivity contribution in [1.29, 1.82) is 0 Å². The third-order valence-electron chi connectivity index (χ3n) is 10.8. The summed E-state index contributed by atoms with van der Waals surface area (Å²) >= 11 is 0. The Morgan fingerprint density at radius 2 is 1.75 bits per heavy atom. The molecule has 2 aliphatic heterocycles. The minimum absolute atomic E-state index is 0.0350. The first-order chi connectivity index (χ1) is 32.6. The lowest BCUT2D eigenvalue weighted by Crippen LogP contribution is -2.37. The second-order valence-electron chi connectivity index (χ2n) is 16.9. The number of fused-ring (bicyclic) bond motifs is 3. The maximum absolute atomic E-state index is 16.4. The fraction of sp³-hybridized carbons (Fsp3) is 0.449. The number of rotatable bonds is 12. The minimum Gasteiger partial charge on any atom is -0.515 e. The molecule has 5 aromatic rings. The number of halogens is 1. The minimum atomic E-state index is -0.945. The van der Waals surface area contributed by atoms with E-state index in [-0.39, 0.29) is 43.0 Å². The van der Waals surface area contributed by atoms with Gasteiger partial charge in [-0.2, -0.15) is 0 Å². The SMILES string of the molecule is CC(C)CN.CCC.CCCN(Cc1ncc(-c2ccc3c(c2)cc2n3C(c3cc(C(C)C)no3)\C=C(c3cnc(C4CCCN4C(=O)COC)[nH]3)/C=C(F)\C2=C\O)[nH]1)C(=O)C(=O)OC.NC=O. The van der Waals surface area contributed by atoms with Crippen molar-refractivity contribution in [3.05, 3.63) is 101 Å². The lowest BCUT2D eigenvalue weighted by molar-refractivity contribution is -0.158. The normalized spacial score (nSPS) is 17.5. The Labute approximate surface area is 396 Å². The molecule has 2 unspecified atom stereocenters. The van der Waals surface area contributed by atoms with Gasteiger partial charge < -0.3 is 54.9 Å². The van der Waals surface area contributed by atoms with Crippen LogP contribution in [0.2, 0.25) is 0 Å². The van der Waals surface area contributed by atoms with Crippen molar-refractivity contribution in [1.82, 2.24) is 39.5 Å². The lowest BCUT2D eigenvalue weighted by Gasteiger charge is -2.23. The number of nitrogens with zero attached hydrogens (tertiary/aromatic N) is 6. The van der Waals surface area contributed by atoms with Crippen LogP contribution in [0.15, 0.2) is 71.5 Å². The Morgan fingerprint density at radius 1 is 1.06 bits per heavy atom. The topological polar surface area (TPSA) is 254 Å². The van der Waals surface area contributed by atoms with Crippen LogP contribution in [0.3, 0.4) is 0 Å². The average Bonchev–Trinajstić information content (AvgIpc) is 4.18. The fourth-order valence-electron chi connectivity index (χ4n) is 7.48. The summed E-state index contributed by atoms with van der Waals surface area (Å²) in [7, 11) is 2.65. The van der Waals surface area contributed by atoms with E-state index in [2.05, 4.69) is 63.3 Å². The summed E-state index contributed by atoms with van der Waals surface area (Å²) in [6, 6.07) is 8.45. The maximum Gasteiger partial charge on any atom is 0.396 e. The molecule has 0 saturated carbocycles. The molecule has 2 atom stereocenters. The van der Waals surface area contributed by atoms with Crippen molar-refractivity contribution in [2.24, 2.45) is 17.4 Å². The standard InChI is InChI=1S/C41H45FN8O7.C4H11N.C3H8.CH3NO/c1-6-11-48(40(53)41(54)56-5)20-37-43-18-30(45-37)24-9-10-32-26(13-24)16-34-27(21-51)28(42)14-25(15-35(50(32)34)36-17-29(23(2)3)47-57-36)31-19-44-39(46-31)33-8-7-12-49(33)38(52)22-55-4;1-4(2)3-5;1-3-2;2-1-3/h9-10,13-19,21,23,33,35,51H,6-8,11-12,20,22H2,1-5H3,(H,43,45)(H,44,46);4H,3,5H2,1-2H3;3H2,1-2H3;1H,(H2,2,3)/b25-15+,27-21-,28-14+;;;. The number of aliphatic hydroxyl groups is 1. The number of benzene rings is 1. The summed E-state index contributed by atoms with van der Waals surface area (Å²) in [5, 5.41) is 15.7. The number of primary amides is 1. The molecule has 4 aromatic heterocycles. The third kappa shape index (κ3) is 13.2. The Hall–Kier alpha value is -6.86. The van der Waals surface area contributed by atoms with E-state index in [9.17, 15) is 19.5 Å². The molecule has 19 heteroatoms. The number of carbonyl (C=O) groups is 4. The number of nitrogens with one attached hydrogen (secondary N) is 2. The van der Waals surface area contributed by atoms with E-state index in [0.717, 1.165) is 35.9 Å². The molecule has 1 aromatic carbocycles. The first kappa shape index (κ1) is 53.8. The van der Waals surface area contributed by atoms with Gasteiger partial charge in [-0.15, -0.1) is 0 Å². The number of hydrogen-bond donors (Lipinski definition) is 5. The molecule has 7 N–H and O–H groups in total. The number of aromatic nitrogens is 6. The predicted molar refractivity (Wildman–Crippen MR) is 258 cm³/mol. The zero-order valence-electron chi connectivity index (χ0n) is 40.5. The van der Waals surface area contributed by atoms with E-state index in [1.807, 2.05) is 55.7 Å². The van der Waals surface area contributed by atoms with Gasteiger partial charge in [0.25, 0.3) is 0 Å². The van der Waals surface area contributed by atoms with Gasteiger partial charge >= 0.3 is 11.9 Å². The predicted octanol–water partition coefficient (Wildman–Crippen LogP) is 7.65. The number of ether oxygens (including phenoxy) is 2. The van der Waals surface area contributed by atoms with Crippen molar-refractivity contribution in [3.8, 4) is 11.3 Å². The molecule has 0 radical (unpaired) electrons. The number of nitrogens with two attached hydrogens (primary N) is 2. The van der Waals surface area contributed by atoms with Crippen LogP contribution < -0.4 is 11.5 Å². The molecular formula is C49H67FN10O8. The number of H-pyrrole nitrogens is 2. The summed E-state index contributed by atoms with van der Waals surface area (Å²) in [5.41, 5.74) is 13.5. The molecule has 0 bridgehead atoms. The van der Waals surface area contributed by atoms with Gasteiger partial charge in [0.05, 0.1) is 66.7 Å². The summed E-state index contributed by atoms with van der Waals surface area (Å²) in [4.78, 5) is 64.8. The molecule has 7 rings (SSSR count). The first-order valence-electron chi connectivity index (χ1n) is 22.8. The summed E-state index contributed by atoms with van der Waals surface area (Å²) in [5.74, 6) is -0.221. The van der Waals surface area contributed by atoms with Crippen LogP contribution in [0.5, 0.6) is 0 Å². The molecule has 3 amide bonds. The van der Waals surface area contributed by atoms with Gasteiger partial charge in [-0.05, 0) is 68.0 Å². The maximum atomic E-state index is 16.4. The summed E-state index contributed by atoms with van der Waals surface area (Å²) < 4.78 is 34.1. The van der Waals surface area contributed by atoms with Gasteiger partial charge in [0, 0.05) is 48.3 Å². The van der Waals surface area contributed by atoms with Crippen molar-refractivity contribution < 1.29 is 42.7 Å². The van der Waals surface area contributed by atoms with Gasteiger partial charge in [-0.3, -0.25) is 14.4 Å². The van der Waals surface area contributed by atoms with Crippen molar-refractivity contribution in [2.75, 3.05) is 40.5 Å². The van der Waals surface area contributed by atoms with Gasteiger partial charge in [0.15, 0.2) is 5.76 Å². The number of methoxy groups -OCH3 is 2. The molecule has 1 saturated heterocycles. The molecule has 0 aliphatic carbocycles. The molecule has 6 heterocycles. The molecule has 1 fully saturated rings. The van der Waals surface area contributed by atoms with E-state index in [0.29, 0.717) is 77.4 Å². The number of esters is 1. The summed E-state index contributed by atoms with van der Waals surface area (Å²) in [6.45, 7) is 16.1. The van der Waals surface area contributed by atoms with Crippen LogP contribution >= 0.6 is 0 Å². The Bertz CT molecular complexity index is 2550. The molecular weight excluding hydrogens is 876 g/mol. The van der Waals surface area contributed by atoms with E-state index >= 15 is 4.39 Å². The number of likely N-dealkylation sites (tertiary alicyclic amines) is 1. The highest BCUT2D eigenvalue weighted by molar-refractivity contribution is 6.32. The number of aromatic amines is 2. The zero-order chi connectivity index (χ0) is 50.1. The highest BCUT2D eigenvalue weighted by Crippen LogP contribution is 2.41. The second-order valence-corrected chi connectivity index (χ2v) is 16.9. The summed E-state index contributed by atoms with van der Waals surface area (Å²) in [6.07, 6.45) is 10.9. The number of amides is 3. The highest BCUT2D eigenvalue weighted by atomic mass is 19.1. The van der Waals surface area contributed by atoms with Gasteiger partial charge in [0.1, 0.15) is 30.1 Å². The van der Waals surface area contributed by atoms with E-state index in [1.54, 1.807) is 23.4 Å². The smallest absolute Gasteiger partial charge is 0.396 e. The molecule has 68 heavy (non-hydrogen) atoms. The van der Waals surface area contributed by atoms with Crippen LogP contribution in [0.25, 0.3) is 33.3 Å². The fourth-order valence-corrected chi connectivity index (χ4v) is 7.48. The average molecular weight is 943 g/mol. The van der Waals surface area contributed by atoms with Crippen LogP contribution in [0.4, 0.5) is 4.39 Å². The number of imidazole rings is 2. The quantitative estimate of drug-likeness (QED) is 0.0350. The molecule has 368 valence electrons. The Balaban J connectivity index is 0.000000831. The molecule has 2 aliphatic rings. The number of aliphatic hydroxyl groups excluding tert-OH is 1. The van der Waals surface area contributed by atoms with Crippen LogP contribution in [0, 0.1) is 5.92 Å². The molecule has 0 spiro atoms. The number of hydrogen-bond acceptors (Lipinski definition) is 12. The van der Waals surface area contributed by atoms with Crippen LogP contribution in [-0.2, 0) is 35.2 Å². The van der Waals surface area contributed by atoms with Crippen molar-refractivity contribution in [3.63, 3.8) is 0 Å². The molecule has 18 nitrogen and oxygen atoms in total. The van der Waals surface area contributed by atoms with Gasteiger partial charge in [-0.1, -0.05) is 66.1 Å². The van der Waals surface area contributed by atoms with Crippen LogP contribution in [0.1, 0.15) is 127 Å². The van der Waals surface area contributed by atoms with Crippen molar-refractivity contribution in [2.45, 2.75) is 98.7 Å². The van der Waals surface area contributed by atoms with E-state index in [4.69, 9.17) is 19.8 Å². The lowest BCUT2D eigenvalue weighted by atomic mass is 10.0. The number of allylic oxidation sites excluding steroid dienone is 5. The first-order valence-corrected chi connectivity index (χ1v) is 22.8. The van der Waals surface area contributed by atoms with Gasteiger partial charge in [0.2, 0.25) is 12.3 Å². The Kier molecular flexibility index (Phi) is 20.5. The van der Waals surface area contributed by atoms with Crippen molar-refractivity contribution >= 4 is 46.2 Å². The van der Waals surface area contributed by atoms with Crippen LogP contribution in [-0.4, -0.2) is 109 Å². The van der Waals surface area contributed by atoms with E-state index < -0.39 is 23.7 Å². The zero-order valence-corrected chi connectivity index (χ0v) is 40.5.